The Morgan fingerprint density at radius 2 is 0.470 bits per heavy atom. The number of hydrogen-bond donors (Lipinski definition) is 0. The van der Waals surface area contributed by atoms with Crippen LogP contribution < -0.4 is 0 Å². The van der Waals surface area contributed by atoms with Gasteiger partial charge in [-0.2, -0.15) is 0 Å². The number of hydrogen-bond acceptors (Lipinski definition) is 6. The van der Waals surface area contributed by atoms with Gasteiger partial charge in [0.2, 0.25) is 0 Å². The molecule has 0 heterocycles. The van der Waals surface area contributed by atoms with Crippen LogP contribution in [-0.4, -0.2) is 37.2 Å². The van der Waals surface area contributed by atoms with E-state index < -0.39 is 6.10 Å². The lowest BCUT2D eigenvalue weighted by Crippen LogP contribution is -2.30. The number of rotatable bonds is 66. The second kappa shape index (κ2) is 71.1. The predicted octanol–water partition coefficient (Wildman–Crippen LogP) is 25.0. The normalized spacial score (nSPS) is 12.6. The first-order valence-corrected chi connectivity index (χ1v) is 36.1. The Morgan fingerprint density at radius 3 is 0.747 bits per heavy atom. The van der Waals surface area contributed by atoms with Crippen molar-refractivity contribution in [3.63, 3.8) is 0 Å². The minimum atomic E-state index is -0.786. The average molecular weight is 1160 g/mol. The summed E-state index contributed by atoms with van der Waals surface area (Å²) in [6.45, 7) is 6.55. The van der Waals surface area contributed by atoms with Crippen molar-refractivity contribution in [1.29, 1.82) is 0 Å². The maximum atomic E-state index is 13.0. The van der Waals surface area contributed by atoms with Crippen LogP contribution in [-0.2, 0) is 28.6 Å². The molecule has 0 aliphatic carbocycles. The standard InChI is InChI=1S/C77H136O6/c1-4-7-10-13-16-19-22-25-28-31-33-35-37-39-41-42-44-46-49-52-55-58-61-64-67-70-76(79)82-73-74(72-81-75(78)69-66-63-60-57-54-51-48-30-27-24-21-18-15-12-9-6-3)83-77(80)71-68-65-62-59-56-53-50-47-45-43-40-38-36-34-32-29-26-23-20-17-14-11-8-5-2/h7,10,16,19,21,24-25,28,30,33,35,39,41,48,74H,4-6,8-9,11-15,17-18,20,22-23,26-27,29,31-32,34,36-38,40,42-47,49-73H2,1-3H3/b10-7-,19-16-,24-21-,28-25-,35-33-,41-39-,48-30-. The summed E-state index contributed by atoms with van der Waals surface area (Å²) in [5, 5.41) is 0. The van der Waals surface area contributed by atoms with Crippen LogP contribution in [0.25, 0.3) is 0 Å². The molecule has 0 aromatic carbocycles. The molecule has 6 heteroatoms. The van der Waals surface area contributed by atoms with Gasteiger partial charge in [-0.25, -0.2) is 0 Å². The Morgan fingerprint density at radius 1 is 0.253 bits per heavy atom. The van der Waals surface area contributed by atoms with Gasteiger partial charge in [0.05, 0.1) is 0 Å². The van der Waals surface area contributed by atoms with E-state index >= 15 is 0 Å². The van der Waals surface area contributed by atoms with Gasteiger partial charge in [0, 0.05) is 19.3 Å². The molecular weight excluding hydrogens is 1020 g/mol. The molecule has 0 aromatic heterocycles. The largest absolute Gasteiger partial charge is 0.462 e. The first kappa shape index (κ1) is 79.6. The number of carbonyl (C=O) groups is 3. The van der Waals surface area contributed by atoms with E-state index in [-0.39, 0.29) is 31.1 Å². The predicted molar refractivity (Wildman–Crippen MR) is 362 cm³/mol. The highest BCUT2D eigenvalue weighted by Crippen LogP contribution is 2.18. The summed E-state index contributed by atoms with van der Waals surface area (Å²) in [7, 11) is 0. The molecular formula is C77H136O6. The minimum Gasteiger partial charge on any atom is -0.462 e. The second-order valence-electron chi connectivity index (χ2n) is 24.1. The van der Waals surface area contributed by atoms with Crippen molar-refractivity contribution in [3.8, 4) is 0 Å². The maximum Gasteiger partial charge on any atom is 0.306 e. The Balaban J connectivity index is 4.34. The summed E-state index contributed by atoms with van der Waals surface area (Å²) in [6, 6.07) is 0. The van der Waals surface area contributed by atoms with Gasteiger partial charge in [-0.15, -0.1) is 0 Å². The van der Waals surface area contributed by atoms with E-state index in [4.69, 9.17) is 14.2 Å². The molecule has 0 aliphatic heterocycles. The highest BCUT2D eigenvalue weighted by molar-refractivity contribution is 5.71. The van der Waals surface area contributed by atoms with Crippen molar-refractivity contribution in [2.24, 2.45) is 0 Å². The SMILES string of the molecule is CC/C=C\C/C=C\C/C=C\C/C=C\C/C=C\CCCCCCCCCCCC(=O)OCC(COC(=O)CCCCCCC/C=C\C/C=C\CCCCCC)OC(=O)CCCCCCCCCCCCCCCCCCCCCCCCCC. The molecule has 1 unspecified atom stereocenters. The molecule has 6 nitrogen and oxygen atoms in total. The van der Waals surface area contributed by atoms with Crippen LogP contribution in [0, 0.1) is 0 Å². The van der Waals surface area contributed by atoms with E-state index in [1.807, 2.05) is 0 Å². The van der Waals surface area contributed by atoms with Crippen LogP contribution in [0.2, 0.25) is 0 Å². The van der Waals surface area contributed by atoms with E-state index in [1.54, 1.807) is 0 Å². The number of allylic oxidation sites excluding steroid dienone is 14. The maximum absolute atomic E-state index is 13.0. The van der Waals surface area contributed by atoms with Crippen molar-refractivity contribution in [1.82, 2.24) is 0 Å². The first-order chi connectivity index (χ1) is 41.0. The fourth-order valence-electron chi connectivity index (χ4n) is 10.5. The Bertz CT molecular complexity index is 1570. The van der Waals surface area contributed by atoms with Crippen LogP contribution >= 0.6 is 0 Å². The zero-order valence-electron chi connectivity index (χ0n) is 55.2. The topological polar surface area (TPSA) is 78.9 Å². The molecule has 0 aliphatic rings. The number of unbranched alkanes of at least 4 members (excludes halogenated alkanes) is 41. The van der Waals surface area contributed by atoms with Crippen molar-refractivity contribution < 1.29 is 28.6 Å². The zero-order valence-corrected chi connectivity index (χ0v) is 55.2. The van der Waals surface area contributed by atoms with Gasteiger partial charge in [0.1, 0.15) is 13.2 Å². The molecule has 0 amide bonds. The summed E-state index contributed by atoms with van der Waals surface area (Å²) in [5.41, 5.74) is 0. The van der Waals surface area contributed by atoms with Gasteiger partial charge < -0.3 is 14.2 Å². The van der Waals surface area contributed by atoms with E-state index in [2.05, 4.69) is 106 Å². The molecule has 0 fully saturated rings. The number of esters is 3. The van der Waals surface area contributed by atoms with Crippen LogP contribution in [0.15, 0.2) is 85.1 Å². The first-order valence-electron chi connectivity index (χ1n) is 36.1. The molecule has 1 atom stereocenters. The van der Waals surface area contributed by atoms with E-state index in [0.29, 0.717) is 19.3 Å². The van der Waals surface area contributed by atoms with Gasteiger partial charge >= 0.3 is 17.9 Å². The number of ether oxygens (including phenoxy) is 3. The van der Waals surface area contributed by atoms with Gasteiger partial charge in [-0.3, -0.25) is 14.4 Å². The van der Waals surface area contributed by atoms with Crippen LogP contribution in [0.3, 0.4) is 0 Å². The van der Waals surface area contributed by atoms with E-state index in [1.165, 1.54) is 212 Å². The molecule has 0 saturated heterocycles. The molecule has 0 saturated carbocycles. The average Bonchev–Trinajstić information content (AvgIpc) is 3.50. The van der Waals surface area contributed by atoms with Crippen molar-refractivity contribution >= 4 is 17.9 Å². The van der Waals surface area contributed by atoms with E-state index in [0.717, 1.165) is 116 Å². The molecule has 0 aromatic rings. The Kier molecular flexibility index (Phi) is 68.2. The fraction of sp³-hybridized carbons (Fsp3) is 0.779. The Labute approximate surface area is 515 Å². The highest BCUT2D eigenvalue weighted by Gasteiger charge is 2.19. The minimum absolute atomic E-state index is 0.0812. The van der Waals surface area contributed by atoms with Gasteiger partial charge in [-0.1, -0.05) is 337 Å². The zero-order chi connectivity index (χ0) is 59.9. The summed E-state index contributed by atoms with van der Waals surface area (Å²) in [4.78, 5) is 38.5. The van der Waals surface area contributed by atoms with Crippen LogP contribution in [0.4, 0.5) is 0 Å². The molecule has 0 rings (SSSR count). The monoisotopic (exact) mass is 1160 g/mol. The lowest BCUT2D eigenvalue weighted by molar-refractivity contribution is -0.167. The van der Waals surface area contributed by atoms with Gasteiger partial charge in [-0.05, 0) is 96.3 Å². The summed E-state index contributed by atoms with van der Waals surface area (Å²) >= 11 is 0. The molecule has 0 radical (unpaired) electrons. The molecule has 0 N–H and O–H groups in total. The third-order valence-electron chi connectivity index (χ3n) is 15.9. The summed E-state index contributed by atoms with van der Waals surface area (Å²) in [5.74, 6) is -0.879. The van der Waals surface area contributed by atoms with Crippen molar-refractivity contribution in [2.75, 3.05) is 13.2 Å². The highest BCUT2D eigenvalue weighted by atomic mass is 16.6. The smallest absolute Gasteiger partial charge is 0.306 e. The third kappa shape index (κ3) is 69.3. The quantitative estimate of drug-likeness (QED) is 0.0261. The van der Waals surface area contributed by atoms with Crippen LogP contribution in [0.5, 0.6) is 0 Å². The molecule has 0 spiro atoms. The Hall–Kier alpha value is -3.41. The van der Waals surface area contributed by atoms with Crippen molar-refractivity contribution in [3.05, 3.63) is 85.1 Å². The second-order valence-corrected chi connectivity index (χ2v) is 24.1. The molecule has 83 heavy (non-hydrogen) atoms. The van der Waals surface area contributed by atoms with Crippen LogP contribution in [0.1, 0.15) is 367 Å². The number of carbonyl (C=O) groups excluding carboxylic acids is 3. The lowest BCUT2D eigenvalue weighted by Gasteiger charge is -2.18. The molecule has 480 valence electrons. The van der Waals surface area contributed by atoms with Crippen molar-refractivity contribution in [2.45, 2.75) is 374 Å². The third-order valence-corrected chi connectivity index (χ3v) is 15.9. The fourth-order valence-corrected chi connectivity index (χ4v) is 10.5. The van der Waals surface area contributed by atoms with E-state index in [9.17, 15) is 14.4 Å². The van der Waals surface area contributed by atoms with Gasteiger partial charge in [0.25, 0.3) is 0 Å². The van der Waals surface area contributed by atoms with Gasteiger partial charge in [0.15, 0.2) is 6.10 Å². The lowest BCUT2D eigenvalue weighted by atomic mass is 10.0. The molecule has 0 bridgehead atoms. The summed E-state index contributed by atoms with van der Waals surface area (Å²) in [6.07, 6.45) is 94.7. The summed E-state index contributed by atoms with van der Waals surface area (Å²) < 4.78 is 17.0.